The van der Waals surface area contributed by atoms with Crippen molar-refractivity contribution in [2.24, 2.45) is 0 Å². The Morgan fingerprint density at radius 1 is 1.32 bits per heavy atom. The number of ether oxygens (including phenoxy) is 2. The van der Waals surface area contributed by atoms with Gasteiger partial charge in [0.2, 0.25) is 15.9 Å². The Hall–Kier alpha value is -1.75. The Kier molecular flexibility index (Phi) is 6.80. The highest BCUT2D eigenvalue weighted by Gasteiger charge is 2.39. The number of benzene rings is 1. The zero-order valence-corrected chi connectivity index (χ0v) is 19.6. The fourth-order valence-corrected chi connectivity index (χ4v) is 6.40. The first kappa shape index (κ1) is 22.4. The van der Waals surface area contributed by atoms with Crippen molar-refractivity contribution in [2.45, 2.75) is 51.2 Å². The second-order valence-electron chi connectivity index (χ2n) is 8.00. The van der Waals surface area contributed by atoms with Crippen LogP contribution >= 0.6 is 11.3 Å². The topological polar surface area (TPSA) is 89.0 Å². The molecule has 2 aromatic rings. The van der Waals surface area contributed by atoms with Crippen LogP contribution in [0.15, 0.2) is 18.2 Å². The molecule has 0 radical (unpaired) electrons. The summed E-state index contributed by atoms with van der Waals surface area (Å²) in [6.07, 6.45) is 5.04. The van der Waals surface area contributed by atoms with Crippen LogP contribution in [0.5, 0.6) is 5.75 Å². The number of sulfonamides is 1. The molecule has 2 fully saturated rings. The van der Waals surface area contributed by atoms with Gasteiger partial charge in [0, 0.05) is 13.2 Å². The molecule has 2 atom stereocenters. The maximum absolute atomic E-state index is 13.7. The van der Waals surface area contributed by atoms with Gasteiger partial charge in [-0.25, -0.2) is 13.4 Å². The van der Waals surface area contributed by atoms with Gasteiger partial charge in [0.25, 0.3) is 0 Å². The molecule has 2 aliphatic heterocycles. The third kappa shape index (κ3) is 4.87. The van der Waals surface area contributed by atoms with E-state index in [0.717, 1.165) is 35.9 Å². The van der Waals surface area contributed by atoms with Crippen LogP contribution < -0.4 is 9.64 Å². The third-order valence-electron chi connectivity index (χ3n) is 5.74. The molecule has 8 nitrogen and oxygen atoms in total. The number of thiazole rings is 1. The first-order chi connectivity index (χ1) is 14.9. The molecule has 3 heterocycles. The molecule has 0 saturated carbocycles. The molecule has 2 aliphatic rings. The summed E-state index contributed by atoms with van der Waals surface area (Å²) >= 11 is 1.42. The largest absolute Gasteiger partial charge is 0.492 e. The monoisotopic (exact) mass is 467 g/mol. The maximum atomic E-state index is 13.7. The number of piperidine rings is 1. The zero-order valence-electron chi connectivity index (χ0n) is 18.0. The van der Waals surface area contributed by atoms with Crippen molar-refractivity contribution in [1.29, 1.82) is 0 Å². The van der Waals surface area contributed by atoms with E-state index in [1.165, 1.54) is 21.9 Å². The number of para-hydroxylation sites is 1. The van der Waals surface area contributed by atoms with Crippen LogP contribution in [-0.2, 0) is 19.6 Å². The molecule has 4 rings (SSSR count). The van der Waals surface area contributed by atoms with Crippen molar-refractivity contribution in [3.8, 4) is 5.75 Å². The van der Waals surface area contributed by atoms with Crippen LogP contribution in [-0.4, -0.2) is 68.3 Å². The van der Waals surface area contributed by atoms with Gasteiger partial charge in [-0.1, -0.05) is 23.8 Å². The number of anilines is 1. The van der Waals surface area contributed by atoms with Crippen LogP contribution in [0.4, 0.5) is 5.13 Å². The number of nitrogens with zero attached hydrogens (tertiary/aromatic N) is 3. The molecule has 2 unspecified atom stereocenters. The molecule has 0 spiro atoms. The smallest absolute Gasteiger partial charge is 0.247 e. The summed E-state index contributed by atoms with van der Waals surface area (Å²) in [5.41, 5.74) is 0.720. The van der Waals surface area contributed by atoms with Gasteiger partial charge in [-0.05, 0) is 44.7 Å². The Bertz CT molecular complexity index is 1030. The van der Waals surface area contributed by atoms with E-state index in [0.29, 0.717) is 43.6 Å². The number of rotatable bonds is 7. The maximum Gasteiger partial charge on any atom is 0.247 e. The third-order valence-corrected chi connectivity index (χ3v) is 8.07. The van der Waals surface area contributed by atoms with Crippen LogP contribution in [0.25, 0.3) is 10.2 Å². The van der Waals surface area contributed by atoms with Crippen LogP contribution in [0, 0.1) is 0 Å². The van der Waals surface area contributed by atoms with E-state index in [1.54, 1.807) is 4.90 Å². The normalized spacial score (nSPS) is 22.6. The number of hydrogen-bond donors (Lipinski definition) is 0. The van der Waals surface area contributed by atoms with Crippen molar-refractivity contribution >= 4 is 42.6 Å². The second kappa shape index (κ2) is 9.40. The minimum Gasteiger partial charge on any atom is -0.492 e. The Balaban J connectivity index is 1.71. The standard InChI is InChI=1S/C21H29N3O5S2/c1-3-28-17-10-6-11-18-19(17)22-21(30-18)23(14-15-8-7-13-29-15)20(25)16-9-4-5-12-24(16)31(2,26)27/h6,10-11,15-16H,3-5,7-9,12-14H2,1-2H3. The zero-order chi connectivity index (χ0) is 22.0. The molecule has 1 aromatic heterocycles. The Morgan fingerprint density at radius 3 is 2.87 bits per heavy atom. The first-order valence-electron chi connectivity index (χ1n) is 10.8. The van der Waals surface area contributed by atoms with Gasteiger partial charge in [0.1, 0.15) is 17.3 Å². The predicted octanol–water partition coefficient (Wildman–Crippen LogP) is 3.02. The summed E-state index contributed by atoms with van der Waals surface area (Å²) in [5.74, 6) is 0.458. The number of carbonyl (C=O) groups is 1. The van der Waals surface area contributed by atoms with Gasteiger partial charge in [-0.3, -0.25) is 9.69 Å². The molecular weight excluding hydrogens is 438 g/mol. The van der Waals surface area contributed by atoms with Crippen molar-refractivity contribution in [3.05, 3.63) is 18.2 Å². The molecule has 1 amide bonds. The van der Waals surface area contributed by atoms with E-state index in [9.17, 15) is 13.2 Å². The number of carbonyl (C=O) groups excluding carboxylic acids is 1. The van der Waals surface area contributed by atoms with Crippen LogP contribution in [0.1, 0.15) is 39.0 Å². The lowest BCUT2D eigenvalue weighted by Crippen LogP contribution is -2.54. The minimum atomic E-state index is -3.48. The molecule has 31 heavy (non-hydrogen) atoms. The summed E-state index contributed by atoms with van der Waals surface area (Å²) in [7, 11) is -3.48. The molecule has 0 aliphatic carbocycles. The van der Waals surface area contributed by atoms with E-state index >= 15 is 0 Å². The Morgan fingerprint density at radius 2 is 2.16 bits per heavy atom. The average molecular weight is 468 g/mol. The van der Waals surface area contributed by atoms with Gasteiger partial charge in [-0.2, -0.15) is 4.31 Å². The molecule has 1 aromatic carbocycles. The predicted molar refractivity (Wildman–Crippen MR) is 121 cm³/mol. The van der Waals surface area contributed by atoms with E-state index in [1.807, 2.05) is 25.1 Å². The van der Waals surface area contributed by atoms with Crippen molar-refractivity contribution in [3.63, 3.8) is 0 Å². The fourth-order valence-electron chi connectivity index (χ4n) is 4.28. The minimum absolute atomic E-state index is 0.0717. The lowest BCUT2D eigenvalue weighted by Gasteiger charge is -2.35. The van der Waals surface area contributed by atoms with Crippen molar-refractivity contribution in [2.75, 3.05) is 37.5 Å². The number of hydrogen-bond acceptors (Lipinski definition) is 7. The van der Waals surface area contributed by atoms with Gasteiger partial charge in [0.05, 0.1) is 30.2 Å². The fraction of sp³-hybridized carbons (Fsp3) is 0.619. The summed E-state index contributed by atoms with van der Waals surface area (Å²) in [4.78, 5) is 20.1. The summed E-state index contributed by atoms with van der Waals surface area (Å²) in [6.45, 7) is 3.87. The summed E-state index contributed by atoms with van der Waals surface area (Å²) < 4.78 is 38.5. The van der Waals surface area contributed by atoms with E-state index < -0.39 is 16.1 Å². The van der Waals surface area contributed by atoms with Crippen molar-refractivity contribution in [1.82, 2.24) is 9.29 Å². The number of amides is 1. The van der Waals surface area contributed by atoms with Gasteiger partial charge in [0.15, 0.2) is 5.13 Å². The lowest BCUT2D eigenvalue weighted by atomic mass is 10.0. The SMILES string of the molecule is CCOc1cccc2sc(N(CC3CCCO3)C(=O)C3CCCCN3S(C)(=O)=O)nc12. The second-order valence-corrected chi connectivity index (χ2v) is 10.9. The van der Waals surface area contributed by atoms with Gasteiger partial charge < -0.3 is 9.47 Å². The summed E-state index contributed by atoms with van der Waals surface area (Å²) in [5, 5.41) is 0.557. The van der Waals surface area contributed by atoms with Crippen molar-refractivity contribution < 1.29 is 22.7 Å². The van der Waals surface area contributed by atoms with E-state index in [4.69, 9.17) is 14.5 Å². The molecular formula is C21H29N3O5S2. The quantitative estimate of drug-likeness (QED) is 0.622. The van der Waals surface area contributed by atoms with E-state index in [-0.39, 0.29) is 12.0 Å². The van der Waals surface area contributed by atoms with Crippen LogP contribution in [0.3, 0.4) is 0 Å². The molecule has 0 N–H and O–H groups in total. The van der Waals surface area contributed by atoms with Gasteiger partial charge >= 0.3 is 0 Å². The van der Waals surface area contributed by atoms with E-state index in [2.05, 4.69) is 0 Å². The molecule has 0 bridgehead atoms. The lowest BCUT2D eigenvalue weighted by molar-refractivity contribution is -0.123. The summed E-state index contributed by atoms with van der Waals surface area (Å²) in [6, 6.07) is 5.03. The number of fused-ring (bicyclic) bond motifs is 1. The van der Waals surface area contributed by atoms with Crippen LogP contribution in [0.2, 0.25) is 0 Å². The first-order valence-corrected chi connectivity index (χ1v) is 13.5. The highest BCUT2D eigenvalue weighted by Crippen LogP contribution is 2.36. The molecule has 10 heteroatoms. The number of aromatic nitrogens is 1. The average Bonchev–Trinajstić information content (AvgIpc) is 3.41. The molecule has 2 saturated heterocycles. The van der Waals surface area contributed by atoms with Gasteiger partial charge in [-0.15, -0.1) is 0 Å². The highest BCUT2D eigenvalue weighted by atomic mass is 32.2. The Labute approximate surface area is 187 Å². The highest BCUT2D eigenvalue weighted by molar-refractivity contribution is 7.88. The molecule has 170 valence electrons.